The number of rotatable bonds is 14. The van der Waals surface area contributed by atoms with E-state index in [2.05, 4.69) is 18.2 Å². The highest BCUT2D eigenvalue weighted by molar-refractivity contribution is 7.95. The fourth-order valence-corrected chi connectivity index (χ4v) is 7.70. The van der Waals surface area contributed by atoms with Gasteiger partial charge in [0.1, 0.15) is 17.9 Å². The lowest BCUT2D eigenvalue weighted by atomic mass is 9.99. The first-order chi connectivity index (χ1) is 21.0. The molecule has 9 nitrogen and oxygen atoms in total. The lowest BCUT2D eigenvalue weighted by molar-refractivity contribution is -0.155. The average molecular weight is 641 g/mol. The van der Waals surface area contributed by atoms with Crippen LogP contribution in [-0.4, -0.2) is 46.8 Å². The van der Waals surface area contributed by atoms with Crippen molar-refractivity contribution in [2.24, 2.45) is 0 Å². The Labute approximate surface area is 261 Å². The van der Waals surface area contributed by atoms with Crippen molar-refractivity contribution in [1.29, 1.82) is 0 Å². The number of ether oxygens (including phenoxy) is 2. The van der Waals surface area contributed by atoms with Gasteiger partial charge in [-0.1, -0.05) is 68.1 Å². The second kappa shape index (κ2) is 14.9. The molecule has 0 unspecified atom stereocenters. The van der Waals surface area contributed by atoms with Gasteiger partial charge in [0.25, 0.3) is 10.0 Å². The van der Waals surface area contributed by atoms with Crippen LogP contribution in [0.5, 0.6) is 5.75 Å². The topological polar surface area (TPSA) is 119 Å². The van der Waals surface area contributed by atoms with E-state index < -0.39 is 38.2 Å². The van der Waals surface area contributed by atoms with E-state index in [4.69, 9.17) is 9.47 Å². The van der Waals surface area contributed by atoms with Crippen LogP contribution in [0.2, 0.25) is 0 Å². The summed E-state index contributed by atoms with van der Waals surface area (Å²) in [6.07, 6.45) is 2.67. The molecule has 0 amide bonds. The molecule has 236 valence electrons. The lowest BCUT2D eigenvalue weighted by Gasteiger charge is -2.34. The van der Waals surface area contributed by atoms with E-state index in [0.717, 1.165) is 28.7 Å². The number of benzene rings is 3. The number of sulfonamides is 2. The zero-order valence-electron chi connectivity index (χ0n) is 25.1. The molecule has 44 heavy (non-hydrogen) atoms. The molecule has 1 fully saturated rings. The summed E-state index contributed by atoms with van der Waals surface area (Å²) in [6.45, 7) is 5.62. The SMILES string of the molecule is C=CS(=O)(=O)Nc1cccc([C@@H](CCc2ccc(CC)c(OC)c2)OC(=O)[C@@H]2CCCCN2S(=O)(=O)Cc2ccccc2)c1. The average Bonchev–Trinajstić information content (AvgIpc) is 3.03. The van der Waals surface area contributed by atoms with Crippen molar-refractivity contribution < 1.29 is 31.1 Å². The first kappa shape index (κ1) is 33.2. The second-order valence-corrected chi connectivity index (χ2v) is 14.3. The summed E-state index contributed by atoms with van der Waals surface area (Å²) < 4.78 is 66.6. The summed E-state index contributed by atoms with van der Waals surface area (Å²) >= 11 is 0. The molecule has 1 heterocycles. The molecule has 1 saturated heterocycles. The number of methoxy groups -OCH3 is 1. The van der Waals surface area contributed by atoms with Gasteiger partial charge in [0.2, 0.25) is 10.0 Å². The first-order valence-electron chi connectivity index (χ1n) is 14.7. The van der Waals surface area contributed by atoms with Crippen LogP contribution in [-0.2, 0) is 48.2 Å². The fourth-order valence-electron chi connectivity index (χ4n) is 5.40. The van der Waals surface area contributed by atoms with Gasteiger partial charge in [0, 0.05) is 17.6 Å². The van der Waals surface area contributed by atoms with Gasteiger partial charge in [-0.25, -0.2) is 16.8 Å². The number of nitrogens with zero attached hydrogens (tertiary/aromatic N) is 1. The number of esters is 1. The molecule has 0 radical (unpaired) electrons. The third-order valence-electron chi connectivity index (χ3n) is 7.70. The number of piperidine rings is 1. The Morgan fingerprint density at radius 3 is 2.50 bits per heavy atom. The van der Waals surface area contributed by atoms with Gasteiger partial charge in [-0.15, -0.1) is 0 Å². The Bertz CT molecular complexity index is 1660. The Morgan fingerprint density at radius 2 is 1.80 bits per heavy atom. The van der Waals surface area contributed by atoms with Crippen molar-refractivity contribution in [3.8, 4) is 5.75 Å². The maximum Gasteiger partial charge on any atom is 0.325 e. The van der Waals surface area contributed by atoms with Gasteiger partial charge in [-0.05, 0) is 79.0 Å². The van der Waals surface area contributed by atoms with Crippen LogP contribution in [0.4, 0.5) is 5.69 Å². The first-order valence-corrected chi connectivity index (χ1v) is 17.9. The van der Waals surface area contributed by atoms with Crippen LogP contribution < -0.4 is 9.46 Å². The number of nitrogens with one attached hydrogen (secondary N) is 1. The number of carbonyl (C=O) groups excluding carboxylic acids is 1. The Hall–Kier alpha value is -3.67. The normalized spacial score (nSPS) is 16.5. The maximum absolute atomic E-state index is 13.8. The molecule has 0 aromatic heterocycles. The van der Waals surface area contributed by atoms with Crippen molar-refractivity contribution in [3.63, 3.8) is 0 Å². The van der Waals surface area contributed by atoms with Crippen LogP contribution in [0.25, 0.3) is 0 Å². The van der Waals surface area contributed by atoms with E-state index in [-0.39, 0.29) is 12.3 Å². The molecule has 0 bridgehead atoms. The van der Waals surface area contributed by atoms with Crippen molar-refractivity contribution in [1.82, 2.24) is 4.31 Å². The molecule has 0 spiro atoms. The minimum atomic E-state index is -3.80. The predicted octanol–water partition coefficient (Wildman–Crippen LogP) is 5.74. The highest BCUT2D eigenvalue weighted by Crippen LogP contribution is 2.31. The van der Waals surface area contributed by atoms with E-state index in [1.807, 2.05) is 24.3 Å². The summed E-state index contributed by atoms with van der Waals surface area (Å²) in [5.41, 5.74) is 3.58. The summed E-state index contributed by atoms with van der Waals surface area (Å²) in [5, 5.41) is 0.818. The van der Waals surface area contributed by atoms with Gasteiger partial charge >= 0.3 is 5.97 Å². The molecule has 0 saturated carbocycles. The maximum atomic E-state index is 13.8. The highest BCUT2D eigenvalue weighted by Gasteiger charge is 2.38. The second-order valence-electron chi connectivity index (χ2n) is 10.8. The van der Waals surface area contributed by atoms with E-state index in [1.165, 1.54) is 4.31 Å². The lowest BCUT2D eigenvalue weighted by Crippen LogP contribution is -2.49. The van der Waals surface area contributed by atoms with Crippen LogP contribution in [0.15, 0.2) is 84.8 Å². The Kier molecular flexibility index (Phi) is 11.2. The molecule has 1 N–H and O–H groups in total. The molecule has 1 aliphatic heterocycles. The third kappa shape index (κ3) is 8.71. The summed E-state index contributed by atoms with van der Waals surface area (Å²) in [4.78, 5) is 13.8. The molecule has 4 rings (SSSR count). The van der Waals surface area contributed by atoms with E-state index >= 15 is 0 Å². The molecule has 2 atom stereocenters. The molecule has 11 heteroatoms. The van der Waals surface area contributed by atoms with Crippen LogP contribution >= 0.6 is 0 Å². The zero-order chi connectivity index (χ0) is 31.7. The van der Waals surface area contributed by atoms with Crippen molar-refractivity contribution >= 4 is 31.7 Å². The van der Waals surface area contributed by atoms with Gasteiger partial charge in [-0.2, -0.15) is 4.31 Å². The molecule has 3 aromatic rings. The molecule has 3 aromatic carbocycles. The van der Waals surface area contributed by atoms with E-state index in [9.17, 15) is 21.6 Å². The summed E-state index contributed by atoms with van der Waals surface area (Å²) in [6, 6.07) is 20.6. The van der Waals surface area contributed by atoms with Crippen LogP contribution in [0.1, 0.15) is 61.0 Å². The van der Waals surface area contributed by atoms with Gasteiger partial charge < -0.3 is 9.47 Å². The van der Waals surface area contributed by atoms with Gasteiger partial charge in [-0.3, -0.25) is 9.52 Å². The fraction of sp³-hybridized carbons (Fsp3) is 0.364. The minimum absolute atomic E-state index is 0.206. The van der Waals surface area contributed by atoms with Crippen LogP contribution in [0, 0.1) is 0 Å². The number of hydrogen-bond donors (Lipinski definition) is 1. The molecule has 0 aliphatic carbocycles. The third-order valence-corrected chi connectivity index (χ3v) is 10.5. The molecular formula is C33H40N2O7S2. The Balaban J connectivity index is 1.60. The number of carbonyl (C=O) groups is 1. The van der Waals surface area contributed by atoms with Crippen molar-refractivity contribution in [2.45, 2.75) is 63.3 Å². The standard InChI is InChI=1S/C33H40N2O7S2/c1-4-27-19-17-25(22-32(27)41-3)18-20-31(28-14-11-15-29(23-28)34-43(37,38)5-2)42-33(36)30-16-9-10-21-35(30)44(39,40)24-26-12-7-6-8-13-26/h5-8,11-15,17,19,22-23,30-31,34H,2,4,9-10,16,18,20-21,24H2,1,3H3/t30-,31+/m0/s1. The largest absolute Gasteiger partial charge is 0.496 e. The monoisotopic (exact) mass is 640 g/mol. The number of anilines is 1. The van der Waals surface area contributed by atoms with E-state index in [1.54, 1.807) is 55.6 Å². The smallest absolute Gasteiger partial charge is 0.325 e. The summed E-state index contributed by atoms with van der Waals surface area (Å²) in [7, 11) is -5.93. The summed E-state index contributed by atoms with van der Waals surface area (Å²) in [5.74, 6) is -0.0505. The quantitative estimate of drug-likeness (QED) is 0.223. The predicted molar refractivity (Wildman–Crippen MR) is 172 cm³/mol. The number of hydrogen-bond acceptors (Lipinski definition) is 7. The van der Waals surface area contributed by atoms with Crippen molar-refractivity contribution in [3.05, 3.63) is 107 Å². The van der Waals surface area contributed by atoms with Crippen LogP contribution in [0.3, 0.4) is 0 Å². The van der Waals surface area contributed by atoms with Crippen molar-refractivity contribution in [2.75, 3.05) is 18.4 Å². The minimum Gasteiger partial charge on any atom is -0.496 e. The number of aryl methyl sites for hydroxylation is 2. The van der Waals surface area contributed by atoms with Gasteiger partial charge in [0.05, 0.1) is 12.9 Å². The zero-order valence-corrected chi connectivity index (χ0v) is 26.8. The molecule has 1 aliphatic rings. The van der Waals surface area contributed by atoms with E-state index in [0.29, 0.717) is 48.9 Å². The molecular weight excluding hydrogens is 601 g/mol. The highest BCUT2D eigenvalue weighted by atomic mass is 32.2. The Morgan fingerprint density at radius 1 is 1.02 bits per heavy atom. The van der Waals surface area contributed by atoms with Gasteiger partial charge in [0.15, 0.2) is 0 Å².